The van der Waals surface area contributed by atoms with E-state index in [0.29, 0.717) is 0 Å². The monoisotopic (exact) mass is 546 g/mol. The Bertz CT molecular complexity index is 1490. The van der Waals surface area contributed by atoms with E-state index in [0.717, 1.165) is 58.9 Å². The van der Waals surface area contributed by atoms with Crippen molar-refractivity contribution in [2.24, 2.45) is 0 Å². The normalized spacial score (nSPS) is 13.0. The molecule has 0 bridgehead atoms. The smallest absolute Gasteiger partial charge is 0.132 e. The van der Waals surface area contributed by atoms with E-state index in [1.54, 1.807) is 24.3 Å². The number of phenols is 3. The van der Waals surface area contributed by atoms with E-state index in [9.17, 15) is 15.3 Å². The van der Waals surface area contributed by atoms with Gasteiger partial charge in [-0.05, 0) is 105 Å². The van der Waals surface area contributed by atoms with Gasteiger partial charge in [-0.1, -0.05) is 30.3 Å². The fourth-order valence-corrected chi connectivity index (χ4v) is 5.71. The standard InChI is InChI=1S/C28H19IO4/c1-14-10-17(11-22(29)28(14)32)25-26-20-12-18(30)6-2-15(20)4-8-23(26)33-24-9-5-16-3-7-19(31)13-21(16)27(24)25/h2-13,25,30-32H,1H3. The summed E-state index contributed by atoms with van der Waals surface area (Å²) in [5, 5.41) is 34.9. The first-order valence-corrected chi connectivity index (χ1v) is 11.7. The van der Waals surface area contributed by atoms with E-state index in [2.05, 4.69) is 22.6 Å². The van der Waals surface area contributed by atoms with Crippen molar-refractivity contribution in [1.82, 2.24) is 0 Å². The Morgan fingerprint density at radius 1 is 0.697 bits per heavy atom. The molecule has 0 spiro atoms. The maximum atomic E-state index is 10.4. The van der Waals surface area contributed by atoms with Crippen molar-refractivity contribution in [2.45, 2.75) is 12.8 Å². The molecule has 1 aliphatic heterocycles. The summed E-state index contributed by atoms with van der Waals surface area (Å²) in [5.41, 5.74) is 3.70. The van der Waals surface area contributed by atoms with Gasteiger partial charge in [0, 0.05) is 17.0 Å². The van der Waals surface area contributed by atoms with Crippen LogP contribution in [0, 0.1) is 10.5 Å². The Balaban J connectivity index is 1.78. The van der Waals surface area contributed by atoms with Gasteiger partial charge in [0.2, 0.25) is 0 Å². The number of ether oxygens (including phenoxy) is 1. The largest absolute Gasteiger partial charge is 0.508 e. The van der Waals surface area contributed by atoms with Crippen molar-refractivity contribution < 1.29 is 20.1 Å². The third kappa shape index (κ3) is 3.10. The van der Waals surface area contributed by atoms with Crippen molar-refractivity contribution in [3.63, 3.8) is 0 Å². The molecule has 33 heavy (non-hydrogen) atoms. The van der Waals surface area contributed by atoms with E-state index >= 15 is 0 Å². The van der Waals surface area contributed by atoms with Gasteiger partial charge < -0.3 is 20.1 Å². The summed E-state index contributed by atoms with van der Waals surface area (Å²) in [5.74, 6) is 1.88. The Kier molecular flexibility index (Phi) is 4.45. The lowest BCUT2D eigenvalue weighted by Crippen LogP contribution is -2.13. The maximum Gasteiger partial charge on any atom is 0.132 e. The number of rotatable bonds is 1. The van der Waals surface area contributed by atoms with Crippen molar-refractivity contribution in [3.05, 3.63) is 98.6 Å². The van der Waals surface area contributed by atoms with Gasteiger partial charge in [0.1, 0.15) is 28.7 Å². The summed E-state index contributed by atoms with van der Waals surface area (Å²) < 4.78 is 7.16. The topological polar surface area (TPSA) is 69.9 Å². The van der Waals surface area contributed by atoms with Gasteiger partial charge in [0.25, 0.3) is 0 Å². The summed E-state index contributed by atoms with van der Waals surface area (Å²) in [7, 11) is 0. The molecule has 0 amide bonds. The summed E-state index contributed by atoms with van der Waals surface area (Å²) in [4.78, 5) is 0. The maximum absolute atomic E-state index is 10.4. The van der Waals surface area contributed by atoms with Gasteiger partial charge >= 0.3 is 0 Å². The lowest BCUT2D eigenvalue weighted by atomic mass is 9.78. The second kappa shape index (κ2) is 7.28. The lowest BCUT2D eigenvalue weighted by Gasteiger charge is -2.31. The molecule has 0 aliphatic carbocycles. The Morgan fingerprint density at radius 3 is 1.73 bits per heavy atom. The van der Waals surface area contributed by atoms with E-state index in [1.807, 2.05) is 55.5 Å². The van der Waals surface area contributed by atoms with E-state index in [4.69, 9.17) is 4.74 Å². The number of phenolic OH excluding ortho intramolecular Hbond substituents is 3. The molecular formula is C28H19IO4. The van der Waals surface area contributed by atoms with E-state index in [1.165, 1.54) is 0 Å². The number of hydrogen-bond donors (Lipinski definition) is 3. The average Bonchev–Trinajstić information content (AvgIpc) is 2.80. The highest BCUT2D eigenvalue weighted by atomic mass is 127. The molecule has 5 aromatic rings. The van der Waals surface area contributed by atoms with Crippen molar-refractivity contribution >= 4 is 44.1 Å². The molecule has 0 saturated carbocycles. The van der Waals surface area contributed by atoms with Crippen LogP contribution in [0.25, 0.3) is 21.5 Å². The molecule has 0 unspecified atom stereocenters. The molecule has 5 heteroatoms. The van der Waals surface area contributed by atoms with Crippen LogP contribution in [0.5, 0.6) is 28.7 Å². The van der Waals surface area contributed by atoms with Crippen molar-refractivity contribution in [2.75, 3.05) is 0 Å². The molecule has 1 heterocycles. The molecule has 0 aromatic heterocycles. The van der Waals surface area contributed by atoms with Crippen LogP contribution in [0.1, 0.15) is 28.2 Å². The van der Waals surface area contributed by atoms with Crippen LogP contribution in [0.2, 0.25) is 0 Å². The summed E-state index contributed by atoms with van der Waals surface area (Å²) in [6.07, 6.45) is 0. The van der Waals surface area contributed by atoms with Crippen LogP contribution in [0.4, 0.5) is 0 Å². The molecule has 1 aliphatic rings. The zero-order valence-corrected chi connectivity index (χ0v) is 19.8. The molecule has 162 valence electrons. The zero-order valence-electron chi connectivity index (χ0n) is 17.6. The average molecular weight is 546 g/mol. The molecule has 5 aromatic carbocycles. The van der Waals surface area contributed by atoms with Crippen LogP contribution in [0.15, 0.2) is 72.8 Å². The number of halogens is 1. The SMILES string of the molecule is Cc1cc(C2c3c(ccc4ccc(O)cc34)Oc3ccc4ccc(O)cc4c32)cc(I)c1O. The second-order valence-corrected chi connectivity index (χ2v) is 9.63. The third-order valence-electron chi connectivity index (χ3n) is 6.42. The van der Waals surface area contributed by atoms with Gasteiger partial charge in [0.15, 0.2) is 0 Å². The number of hydrogen-bond acceptors (Lipinski definition) is 4. The third-order valence-corrected chi connectivity index (χ3v) is 7.24. The number of fused-ring (bicyclic) bond motifs is 6. The molecule has 6 rings (SSSR count). The first-order chi connectivity index (χ1) is 15.9. The molecule has 3 N–H and O–H groups in total. The van der Waals surface area contributed by atoms with Crippen LogP contribution in [0.3, 0.4) is 0 Å². The van der Waals surface area contributed by atoms with Gasteiger partial charge in [-0.2, -0.15) is 0 Å². The van der Waals surface area contributed by atoms with Gasteiger partial charge in [0.05, 0.1) is 3.57 Å². The minimum atomic E-state index is -0.229. The Labute approximate surface area is 203 Å². The fraction of sp³-hybridized carbons (Fsp3) is 0.0714. The highest BCUT2D eigenvalue weighted by Gasteiger charge is 2.33. The minimum absolute atomic E-state index is 0.187. The highest BCUT2D eigenvalue weighted by Crippen LogP contribution is 2.53. The first kappa shape index (κ1) is 20.2. The zero-order chi connectivity index (χ0) is 22.9. The second-order valence-electron chi connectivity index (χ2n) is 8.47. The van der Waals surface area contributed by atoms with Crippen LogP contribution in [-0.2, 0) is 0 Å². The molecule has 0 radical (unpaired) electrons. The van der Waals surface area contributed by atoms with E-state index < -0.39 is 0 Å². The van der Waals surface area contributed by atoms with E-state index in [-0.39, 0.29) is 23.2 Å². The van der Waals surface area contributed by atoms with Crippen LogP contribution in [-0.4, -0.2) is 15.3 Å². The Morgan fingerprint density at radius 2 is 1.21 bits per heavy atom. The number of aromatic hydroxyl groups is 3. The predicted octanol–water partition coefficient (Wildman–Crippen LogP) is 7.31. The van der Waals surface area contributed by atoms with Gasteiger partial charge in [-0.15, -0.1) is 0 Å². The van der Waals surface area contributed by atoms with Crippen LogP contribution < -0.4 is 4.74 Å². The first-order valence-electron chi connectivity index (χ1n) is 10.6. The quantitative estimate of drug-likeness (QED) is 0.189. The predicted molar refractivity (Wildman–Crippen MR) is 138 cm³/mol. The molecule has 4 nitrogen and oxygen atoms in total. The summed E-state index contributed by atoms with van der Waals surface area (Å²) >= 11 is 2.16. The molecule has 0 atom stereocenters. The number of aryl methyl sites for hydroxylation is 1. The molecule has 0 saturated heterocycles. The lowest BCUT2D eigenvalue weighted by molar-refractivity contribution is 0.454. The summed E-state index contributed by atoms with van der Waals surface area (Å²) in [6.45, 7) is 1.89. The fourth-order valence-electron chi connectivity index (χ4n) is 4.92. The van der Waals surface area contributed by atoms with Gasteiger partial charge in [-0.25, -0.2) is 0 Å². The molecule has 0 fully saturated rings. The summed E-state index contributed by atoms with van der Waals surface area (Å²) in [6, 6.07) is 22.6. The van der Waals surface area contributed by atoms with Crippen molar-refractivity contribution in [1.29, 1.82) is 0 Å². The highest BCUT2D eigenvalue weighted by molar-refractivity contribution is 14.1. The van der Waals surface area contributed by atoms with Gasteiger partial charge in [-0.3, -0.25) is 0 Å². The Hall–Kier alpha value is -3.45. The minimum Gasteiger partial charge on any atom is -0.508 e. The molecular weight excluding hydrogens is 527 g/mol. The van der Waals surface area contributed by atoms with Crippen LogP contribution >= 0.6 is 22.6 Å². The number of benzene rings is 5. The van der Waals surface area contributed by atoms with Crippen molar-refractivity contribution in [3.8, 4) is 28.7 Å².